The second kappa shape index (κ2) is 6.84. The van der Waals surface area contributed by atoms with Crippen molar-refractivity contribution in [1.29, 1.82) is 0 Å². The van der Waals surface area contributed by atoms with Crippen LogP contribution >= 0.6 is 11.6 Å². The van der Waals surface area contributed by atoms with E-state index in [1.165, 1.54) is 0 Å². The molecule has 0 bridgehead atoms. The maximum atomic E-state index is 13.0. The van der Waals surface area contributed by atoms with Crippen molar-refractivity contribution in [3.63, 3.8) is 0 Å². The predicted octanol–water partition coefficient (Wildman–Crippen LogP) is 3.30. The maximum Gasteiger partial charge on any atom is 0.243 e. The van der Waals surface area contributed by atoms with Gasteiger partial charge in [-0.25, -0.2) is 8.42 Å². The number of nitrogens with one attached hydrogen (secondary N) is 2. The zero-order valence-electron chi connectivity index (χ0n) is 15.8. The number of H-pyrrole nitrogens is 2. The number of likely N-dealkylation sites (N-methyl/N-ethyl adjacent to an activating group) is 1. The molecule has 7 nitrogen and oxygen atoms in total. The van der Waals surface area contributed by atoms with Crippen molar-refractivity contribution in [2.45, 2.75) is 4.90 Å². The van der Waals surface area contributed by atoms with E-state index in [0.29, 0.717) is 23.0 Å². The van der Waals surface area contributed by atoms with Gasteiger partial charge in [0.2, 0.25) is 10.0 Å². The Labute approximate surface area is 173 Å². The molecule has 9 heteroatoms. The molecule has 1 fully saturated rings. The normalized spacial score (nSPS) is 16.8. The number of benzene rings is 2. The van der Waals surface area contributed by atoms with E-state index in [9.17, 15) is 8.42 Å². The van der Waals surface area contributed by atoms with Gasteiger partial charge < -0.3 is 9.88 Å². The number of aromatic nitrogens is 3. The number of piperazine rings is 1. The van der Waals surface area contributed by atoms with Crippen molar-refractivity contribution in [3.05, 3.63) is 47.5 Å². The van der Waals surface area contributed by atoms with E-state index >= 15 is 0 Å². The average molecular weight is 430 g/mol. The minimum absolute atomic E-state index is 0.318. The van der Waals surface area contributed by atoms with E-state index in [0.717, 1.165) is 46.3 Å². The number of nitrogens with zero attached hydrogens (tertiary/aromatic N) is 3. The molecular weight excluding hydrogens is 410 g/mol. The summed E-state index contributed by atoms with van der Waals surface area (Å²) in [5, 5.41) is 9.83. The number of aromatic amines is 2. The third kappa shape index (κ3) is 3.22. The summed E-state index contributed by atoms with van der Waals surface area (Å²) in [7, 11) is -1.50. The lowest BCUT2D eigenvalue weighted by Gasteiger charge is -2.31. The summed E-state index contributed by atoms with van der Waals surface area (Å²) < 4.78 is 27.7. The monoisotopic (exact) mass is 429 g/mol. The molecule has 29 heavy (non-hydrogen) atoms. The average Bonchev–Trinajstić information content (AvgIpc) is 3.30. The molecule has 0 spiro atoms. The summed E-state index contributed by atoms with van der Waals surface area (Å²) in [6, 6.07) is 12.7. The summed E-state index contributed by atoms with van der Waals surface area (Å²) in [6.07, 6.45) is 0. The molecule has 2 aromatic heterocycles. The Morgan fingerprint density at radius 2 is 1.79 bits per heavy atom. The van der Waals surface area contributed by atoms with Gasteiger partial charge in [0.1, 0.15) is 5.69 Å². The summed E-state index contributed by atoms with van der Waals surface area (Å²) in [5.41, 5.74) is 3.31. The fourth-order valence-electron chi connectivity index (χ4n) is 3.77. The highest BCUT2D eigenvalue weighted by molar-refractivity contribution is 7.89. The maximum absolute atomic E-state index is 13.0. The van der Waals surface area contributed by atoms with Crippen LogP contribution in [0, 0.1) is 0 Å². The predicted molar refractivity (Wildman–Crippen MR) is 115 cm³/mol. The molecule has 0 saturated carbocycles. The van der Waals surface area contributed by atoms with E-state index in [1.807, 2.05) is 37.4 Å². The van der Waals surface area contributed by atoms with Crippen LogP contribution in [0.2, 0.25) is 5.02 Å². The number of sulfonamides is 1. The van der Waals surface area contributed by atoms with Crippen LogP contribution in [0.3, 0.4) is 0 Å². The molecule has 0 unspecified atom stereocenters. The molecule has 2 aromatic carbocycles. The second-order valence-corrected chi connectivity index (χ2v) is 9.78. The van der Waals surface area contributed by atoms with Crippen LogP contribution < -0.4 is 0 Å². The van der Waals surface area contributed by atoms with Crippen LogP contribution in [-0.2, 0) is 10.0 Å². The molecule has 1 saturated heterocycles. The van der Waals surface area contributed by atoms with Gasteiger partial charge in [-0.2, -0.15) is 9.40 Å². The number of fused-ring (bicyclic) bond motifs is 2. The van der Waals surface area contributed by atoms with Gasteiger partial charge in [-0.3, -0.25) is 5.10 Å². The van der Waals surface area contributed by atoms with Gasteiger partial charge >= 0.3 is 0 Å². The minimum Gasteiger partial charge on any atom is -0.353 e. The minimum atomic E-state index is -3.50. The molecule has 5 rings (SSSR count). The van der Waals surface area contributed by atoms with Gasteiger partial charge in [0, 0.05) is 47.5 Å². The lowest BCUT2D eigenvalue weighted by molar-refractivity contribution is 0.222. The molecule has 0 aliphatic carbocycles. The van der Waals surface area contributed by atoms with Crippen LogP contribution in [0.25, 0.3) is 33.2 Å². The molecule has 0 radical (unpaired) electrons. The Balaban J connectivity index is 1.53. The largest absolute Gasteiger partial charge is 0.353 e. The van der Waals surface area contributed by atoms with Crippen LogP contribution in [0.15, 0.2) is 47.4 Å². The van der Waals surface area contributed by atoms with Crippen molar-refractivity contribution in [3.8, 4) is 11.4 Å². The third-order valence-electron chi connectivity index (χ3n) is 5.47. The first-order valence-corrected chi connectivity index (χ1v) is 11.2. The highest BCUT2D eigenvalue weighted by Crippen LogP contribution is 2.31. The van der Waals surface area contributed by atoms with Crippen LogP contribution in [0.5, 0.6) is 0 Å². The van der Waals surface area contributed by atoms with E-state index in [1.54, 1.807) is 16.4 Å². The van der Waals surface area contributed by atoms with Crippen molar-refractivity contribution in [2.24, 2.45) is 0 Å². The Hall–Kier alpha value is -2.39. The number of hydrogen-bond donors (Lipinski definition) is 2. The number of hydrogen-bond acceptors (Lipinski definition) is 4. The Kier molecular flexibility index (Phi) is 4.40. The lowest BCUT2D eigenvalue weighted by Crippen LogP contribution is -2.46. The smallest absolute Gasteiger partial charge is 0.243 e. The van der Waals surface area contributed by atoms with Gasteiger partial charge in [-0.05, 0) is 49.5 Å². The molecule has 0 amide bonds. The first-order chi connectivity index (χ1) is 13.9. The summed E-state index contributed by atoms with van der Waals surface area (Å²) in [4.78, 5) is 5.79. The van der Waals surface area contributed by atoms with E-state index in [4.69, 9.17) is 11.6 Å². The standard InChI is InChI=1S/C20H20ClN5O2S/c1-25-6-8-26(9-7-25)29(27,28)15-3-5-17-13(10-15)11-19(22-17)20-16-4-2-14(21)12-18(16)23-24-20/h2-5,10-12,22H,6-9H2,1H3,(H,23,24). The summed E-state index contributed by atoms with van der Waals surface area (Å²) in [5.74, 6) is 0. The zero-order valence-corrected chi connectivity index (χ0v) is 17.4. The fraction of sp³-hybridized carbons (Fsp3) is 0.250. The number of halogens is 1. The molecular formula is C20H20ClN5O2S. The molecule has 1 aliphatic rings. The Morgan fingerprint density at radius 3 is 2.59 bits per heavy atom. The summed E-state index contributed by atoms with van der Waals surface area (Å²) in [6.45, 7) is 2.51. The third-order valence-corrected chi connectivity index (χ3v) is 7.60. The zero-order chi connectivity index (χ0) is 20.2. The molecule has 2 N–H and O–H groups in total. The highest BCUT2D eigenvalue weighted by Gasteiger charge is 2.27. The van der Waals surface area contributed by atoms with Crippen molar-refractivity contribution >= 4 is 43.4 Å². The lowest BCUT2D eigenvalue weighted by atomic mass is 10.1. The van der Waals surface area contributed by atoms with Gasteiger partial charge in [0.25, 0.3) is 0 Å². The molecule has 1 aliphatic heterocycles. The molecule has 0 atom stereocenters. The van der Waals surface area contributed by atoms with Gasteiger partial charge in [-0.15, -0.1) is 0 Å². The molecule has 3 heterocycles. The first kappa shape index (κ1) is 18.6. The Morgan fingerprint density at radius 1 is 1.00 bits per heavy atom. The van der Waals surface area contributed by atoms with Gasteiger partial charge in [0.15, 0.2) is 0 Å². The van der Waals surface area contributed by atoms with Crippen molar-refractivity contribution < 1.29 is 8.42 Å². The highest BCUT2D eigenvalue weighted by atomic mass is 35.5. The Bertz CT molecular complexity index is 1320. The van der Waals surface area contributed by atoms with Crippen LogP contribution in [-0.4, -0.2) is 66.0 Å². The second-order valence-electron chi connectivity index (χ2n) is 7.40. The van der Waals surface area contributed by atoms with Gasteiger partial charge in [0.05, 0.1) is 16.1 Å². The van der Waals surface area contributed by atoms with Crippen molar-refractivity contribution in [1.82, 2.24) is 24.4 Å². The molecule has 150 valence electrons. The fourth-order valence-corrected chi connectivity index (χ4v) is 5.40. The van der Waals surface area contributed by atoms with E-state index < -0.39 is 10.0 Å². The topological polar surface area (TPSA) is 85.1 Å². The van der Waals surface area contributed by atoms with Crippen molar-refractivity contribution in [2.75, 3.05) is 33.2 Å². The SMILES string of the molecule is CN1CCN(S(=O)(=O)c2ccc3[nH]c(-c4n[nH]c5cc(Cl)ccc45)cc3c2)CC1. The quantitative estimate of drug-likeness (QED) is 0.523. The van der Waals surface area contributed by atoms with E-state index in [2.05, 4.69) is 20.1 Å². The first-order valence-electron chi connectivity index (χ1n) is 9.37. The number of rotatable bonds is 3. The van der Waals surface area contributed by atoms with E-state index in [-0.39, 0.29) is 0 Å². The van der Waals surface area contributed by atoms with Crippen LogP contribution in [0.1, 0.15) is 0 Å². The van der Waals surface area contributed by atoms with Crippen LogP contribution in [0.4, 0.5) is 0 Å². The molecule has 4 aromatic rings. The van der Waals surface area contributed by atoms with Gasteiger partial charge in [-0.1, -0.05) is 11.6 Å². The summed E-state index contributed by atoms with van der Waals surface area (Å²) >= 11 is 6.05.